The molecule has 2 rings (SSSR count). The van der Waals surface area contributed by atoms with Crippen LogP contribution in [0.3, 0.4) is 0 Å². The normalized spacial score (nSPS) is 11.2. The van der Waals surface area contributed by atoms with E-state index in [-0.39, 0.29) is 24.1 Å². The largest absolute Gasteiger partial charge is 0.497 e. The molecule has 2 N–H and O–H groups in total. The summed E-state index contributed by atoms with van der Waals surface area (Å²) in [7, 11) is 1.57. The second kappa shape index (κ2) is 9.38. The third kappa shape index (κ3) is 6.14. The zero-order valence-corrected chi connectivity index (χ0v) is 15.4. The highest BCUT2D eigenvalue weighted by Gasteiger charge is 2.13. The van der Waals surface area contributed by atoms with Gasteiger partial charge < -0.3 is 20.1 Å². The van der Waals surface area contributed by atoms with Crippen LogP contribution in [0.1, 0.15) is 35.8 Å². The van der Waals surface area contributed by atoms with Gasteiger partial charge in [-0.15, -0.1) is 0 Å². The number of rotatable bonds is 7. The number of hydrogen-bond donors (Lipinski definition) is 2. The van der Waals surface area contributed by atoms with Crippen molar-refractivity contribution in [3.05, 3.63) is 59.7 Å². The van der Waals surface area contributed by atoms with E-state index in [0.717, 1.165) is 5.56 Å². The lowest BCUT2D eigenvalue weighted by Crippen LogP contribution is -2.31. The molecule has 27 heavy (non-hydrogen) atoms. The zero-order chi connectivity index (χ0) is 19.8. The van der Waals surface area contributed by atoms with Gasteiger partial charge in [0.1, 0.15) is 5.75 Å². The van der Waals surface area contributed by atoms with Crippen molar-refractivity contribution >= 4 is 23.5 Å². The van der Waals surface area contributed by atoms with Crippen molar-refractivity contribution in [2.75, 3.05) is 19.0 Å². The SMILES string of the molecule is COc1cccc([C@H](C)NC(=O)COC(=O)c2ccc(NC(C)=O)cc2)c1. The summed E-state index contributed by atoms with van der Waals surface area (Å²) in [4.78, 5) is 35.0. The van der Waals surface area contributed by atoms with Crippen LogP contribution in [0, 0.1) is 0 Å². The Balaban J connectivity index is 1.85. The van der Waals surface area contributed by atoms with E-state index in [9.17, 15) is 14.4 Å². The van der Waals surface area contributed by atoms with Crippen molar-refractivity contribution in [3.63, 3.8) is 0 Å². The minimum Gasteiger partial charge on any atom is -0.497 e. The summed E-state index contributed by atoms with van der Waals surface area (Å²) >= 11 is 0. The van der Waals surface area contributed by atoms with Crippen LogP contribution >= 0.6 is 0 Å². The molecule has 0 fully saturated rings. The first-order chi connectivity index (χ1) is 12.9. The van der Waals surface area contributed by atoms with E-state index in [1.54, 1.807) is 19.2 Å². The van der Waals surface area contributed by atoms with Gasteiger partial charge in [0.2, 0.25) is 5.91 Å². The fourth-order valence-electron chi connectivity index (χ4n) is 2.38. The van der Waals surface area contributed by atoms with Gasteiger partial charge in [-0.25, -0.2) is 4.79 Å². The molecular weight excluding hydrogens is 348 g/mol. The first kappa shape index (κ1) is 20.0. The molecule has 0 saturated heterocycles. The molecule has 7 heteroatoms. The van der Waals surface area contributed by atoms with Crippen LogP contribution in [-0.4, -0.2) is 31.5 Å². The molecule has 0 unspecified atom stereocenters. The number of nitrogens with one attached hydrogen (secondary N) is 2. The average Bonchev–Trinajstić information content (AvgIpc) is 2.66. The Hall–Kier alpha value is -3.35. The first-order valence-electron chi connectivity index (χ1n) is 8.37. The van der Waals surface area contributed by atoms with Gasteiger partial charge in [-0.05, 0) is 48.9 Å². The molecule has 142 valence electrons. The highest BCUT2D eigenvalue weighted by atomic mass is 16.5. The molecule has 0 radical (unpaired) electrons. The number of methoxy groups -OCH3 is 1. The summed E-state index contributed by atoms with van der Waals surface area (Å²) in [5, 5.41) is 5.37. The fourth-order valence-corrected chi connectivity index (χ4v) is 2.38. The second-order valence-electron chi connectivity index (χ2n) is 5.90. The molecule has 0 spiro atoms. The predicted octanol–water partition coefficient (Wildman–Crippen LogP) is 2.69. The van der Waals surface area contributed by atoms with Gasteiger partial charge in [0.25, 0.3) is 5.91 Å². The Morgan fingerprint density at radius 3 is 2.41 bits per heavy atom. The molecule has 2 aromatic carbocycles. The van der Waals surface area contributed by atoms with Gasteiger partial charge >= 0.3 is 5.97 Å². The molecule has 0 aliphatic carbocycles. The van der Waals surface area contributed by atoms with E-state index >= 15 is 0 Å². The smallest absolute Gasteiger partial charge is 0.338 e. The van der Waals surface area contributed by atoms with Gasteiger partial charge in [-0.1, -0.05) is 12.1 Å². The molecule has 0 aliphatic rings. The zero-order valence-electron chi connectivity index (χ0n) is 15.4. The quantitative estimate of drug-likeness (QED) is 0.731. The molecular formula is C20H22N2O5. The number of carbonyl (C=O) groups excluding carboxylic acids is 3. The topological polar surface area (TPSA) is 93.7 Å². The summed E-state index contributed by atoms with van der Waals surface area (Å²) in [6.45, 7) is 2.84. The standard InChI is InChI=1S/C20H22N2O5/c1-13(16-5-4-6-18(11-16)26-3)21-19(24)12-27-20(25)15-7-9-17(10-8-15)22-14(2)23/h4-11,13H,12H2,1-3H3,(H,21,24)(H,22,23)/t13-/m0/s1. The summed E-state index contributed by atoms with van der Waals surface area (Å²) in [5.41, 5.74) is 1.74. The van der Waals surface area contributed by atoms with Crippen LogP contribution in [0.4, 0.5) is 5.69 Å². The Labute approximate surface area is 157 Å². The fraction of sp³-hybridized carbons (Fsp3) is 0.250. The second-order valence-corrected chi connectivity index (χ2v) is 5.90. The summed E-state index contributed by atoms with van der Waals surface area (Å²) in [6, 6.07) is 13.3. The van der Waals surface area contributed by atoms with E-state index < -0.39 is 11.9 Å². The summed E-state index contributed by atoms with van der Waals surface area (Å²) in [5.74, 6) is -0.531. The molecule has 2 amide bonds. The minimum atomic E-state index is -0.617. The number of benzene rings is 2. The van der Waals surface area contributed by atoms with E-state index in [0.29, 0.717) is 11.4 Å². The number of esters is 1. The minimum absolute atomic E-state index is 0.202. The number of carbonyl (C=O) groups is 3. The van der Waals surface area contributed by atoms with E-state index in [2.05, 4.69) is 10.6 Å². The Bertz CT molecular complexity index is 817. The maximum atomic E-state index is 12.0. The Kier molecular flexibility index (Phi) is 6.93. The van der Waals surface area contributed by atoms with Crippen LogP contribution in [0.15, 0.2) is 48.5 Å². The van der Waals surface area contributed by atoms with E-state index in [4.69, 9.17) is 9.47 Å². The maximum Gasteiger partial charge on any atom is 0.338 e. The van der Waals surface area contributed by atoms with Crippen molar-refractivity contribution in [3.8, 4) is 5.75 Å². The number of hydrogen-bond acceptors (Lipinski definition) is 5. The lowest BCUT2D eigenvalue weighted by atomic mass is 10.1. The molecule has 0 aromatic heterocycles. The lowest BCUT2D eigenvalue weighted by molar-refractivity contribution is -0.124. The van der Waals surface area contributed by atoms with Crippen LogP contribution in [-0.2, 0) is 14.3 Å². The molecule has 1 atom stereocenters. The Morgan fingerprint density at radius 2 is 1.78 bits per heavy atom. The lowest BCUT2D eigenvalue weighted by Gasteiger charge is -2.15. The van der Waals surface area contributed by atoms with Crippen LogP contribution in [0.5, 0.6) is 5.75 Å². The molecule has 0 bridgehead atoms. The maximum absolute atomic E-state index is 12.0. The van der Waals surface area contributed by atoms with Crippen molar-refractivity contribution < 1.29 is 23.9 Å². The first-order valence-corrected chi connectivity index (χ1v) is 8.37. The van der Waals surface area contributed by atoms with Gasteiger partial charge in [-0.3, -0.25) is 9.59 Å². The van der Waals surface area contributed by atoms with E-state index in [1.807, 2.05) is 31.2 Å². The van der Waals surface area contributed by atoms with Crippen molar-refractivity contribution in [1.29, 1.82) is 0 Å². The van der Waals surface area contributed by atoms with Gasteiger partial charge in [-0.2, -0.15) is 0 Å². The third-order valence-electron chi connectivity index (χ3n) is 3.75. The Morgan fingerprint density at radius 1 is 1.07 bits per heavy atom. The van der Waals surface area contributed by atoms with Crippen LogP contribution in [0.25, 0.3) is 0 Å². The average molecular weight is 370 g/mol. The number of anilines is 1. The summed E-state index contributed by atoms with van der Waals surface area (Å²) < 4.78 is 10.2. The monoisotopic (exact) mass is 370 g/mol. The van der Waals surface area contributed by atoms with Crippen LogP contribution < -0.4 is 15.4 Å². The van der Waals surface area contributed by atoms with Gasteiger partial charge in [0.15, 0.2) is 6.61 Å². The van der Waals surface area contributed by atoms with Crippen LogP contribution in [0.2, 0.25) is 0 Å². The van der Waals surface area contributed by atoms with Crippen molar-refractivity contribution in [2.24, 2.45) is 0 Å². The number of amides is 2. The molecule has 0 aliphatic heterocycles. The highest BCUT2D eigenvalue weighted by molar-refractivity contribution is 5.93. The van der Waals surface area contributed by atoms with E-state index in [1.165, 1.54) is 19.1 Å². The van der Waals surface area contributed by atoms with Gasteiger partial charge in [0, 0.05) is 12.6 Å². The highest BCUT2D eigenvalue weighted by Crippen LogP contribution is 2.18. The van der Waals surface area contributed by atoms with Gasteiger partial charge in [0.05, 0.1) is 18.7 Å². The predicted molar refractivity (Wildman–Crippen MR) is 101 cm³/mol. The number of ether oxygens (including phenoxy) is 2. The molecule has 7 nitrogen and oxygen atoms in total. The molecule has 0 heterocycles. The van der Waals surface area contributed by atoms with Crippen molar-refractivity contribution in [2.45, 2.75) is 19.9 Å². The molecule has 0 saturated carbocycles. The summed E-state index contributed by atoms with van der Waals surface area (Å²) in [6.07, 6.45) is 0. The molecule has 2 aromatic rings. The third-order valence-corrected chi connectivity index (χ3v) is 3.75. The van der Waals surface area contributed by atoms with Crippen molar-refractivity contribution in [1.82, 2.24) is 5.32 Å².